The number of rotatable bonds is 4. The van der Waals surface area contributed by atoms with Gasteiger partial charge in [-0.2, -0.15) is 5.26 Å². The summed E-state index contributed by atoms with van der Waals surface area (Å²) in [6.07, 6.45) is 3.09. The Hall–Kier alpha value is -4.19. The summed E-state index contributed by atoms with van der Waals surface area (Å²) in [6, 6.07) is 7.89. The monoisotopic (exact) mass is 433 g/mol. The van der Waals surface area contributed by atoms with E-state index >= 15 is 0 Å². The summed E-state index contributed by atoms with van der Waals surface area (Å²) >= 11 is 0. The second-order valence-electron chi connectivity index (χ2n) is 7.07. The fourth-order valence-electron chi connectivity index (χ4n) is 3.51. The van der Waals surface area contributed by atoms with E-state index in [9.17, 15) is 9.65 Å². The Kier molecular flexibility index (Phi) is 6.85. The van der Waals surface area contributed by atoms with Crippen LogP contribution in [0.2, 0.25) is 0 Å². The molecule has 2 bridgehead atoms. The summed E-state index contributed by atoms with van der Waals surface area (Å²) in [5, 5.41) is 31.7. The van der Waals surface area contributed by atoms with Crippen LogP contribution in [-0.4, -0.2) is 30.5 Å². The van der Waals surface area contributed by atoms with E-state index in [4.69, 9.17) is 21.3 Å². The van der Waals surface area contributed by atoms with Gasteiger partial charge in [0.2, 0.25) is 0 Å². The van der Waals surface area contributed by atoms with Crippen LogP contribution in [0.3, 0.4) is 0 Å². The quantitative estimate of drug-likeness (QED) is 0.369. The van der Waals surface area contributed by atoms with Crippen LogP contribution >= 0.6 is 0 Å². The number of hydrogen-bond acceptors (Lipinski definition) is 8. The predicted molar refractivity (Wildman–Crippen MR) is 123 cm³/mol. The highest BCUT2D eigenvalue weighted by molar-refractivity contribution is 5.95. The van der Waals surface area contributed by atoms with Crippen molar-refractivity contribution >= 4 is 29.6 Å². The van der Waals surface area contributed by atoms with Crippen molar-refractivity contribution in [3.63, 3.8) is 0 Å². The normalized spacial score (nSPS) is 19.6. The summed E-state index contributed by atoms with van der Waals surface area (Å²) in [4.78, 5) is 4.23. The lowest BCUT2D eigenvalue weighted by Gasteiger charge is -2.24. The summed E-state index contributed by atoms with van der Waals surface area (Å²) in [6.45, 7) is 4.44. The van der Waals surface area contributed by atoms with Crippen molar-refractivity contribution in [3.8, 4) is 11.8 Å². The van der Waals surface area contributed by atoms with Gasteiger partial charge in [0.05, 0.1) is 11.3 Å². The molecular formula is C23H24FN7O. The Bertz CT molecular complexity index is 1160. The van der Waals surface area contributed by atoms with Gasteiger partial charge in [-0.3, -0.25) is 0 Å². The smallest absolute Gasteiger partial charge is 0.166 e. The Morgan fingerprint density at radius 3 is 2.88 bits per heavy atom. The Morgan fingerprint density at radius 1 is 1.44 bits per heavy atom. The molecule has 32 heavy (non-hydrogen) atoms. The third kappa shape index (κ3) is 4.44. The van der Waals surface area contributed by atoms with Crippen LogP contribution in [0.25, 0.3) is 11.4 Å². The highest BCUT2D eigenvalue weighted by atomic mass is 19.1. The molecule has 0 fully saturated rings. The molecule has 0 saturated heterocycles. The van der Waals surface area contributed by atoms with Crippen LogP contribution < -0.4 is 21.1 Å². The molecule has 0 unspecified atom stereocenters. The first-order valence-corrected chi connectivity index (χ1v) is 10.0. The SMILES string of the molecule is CCN/C1=C(\C=N)CN/C(=C(/C#N)C=N)c2ccc(F)cc2[C@@H](C)Oc2cc1cnc2N. The lowest BCUT2D eigenvalue weighted by molar-refractivity contribution is 0.226. The van der Waals surface area contributed by atoms with Gasteiger partial charge in [-0.15, -0.1) is 0 Å². The fourth-order valence-corrected chi connectivity index (χ4v) is 3.51. The average Bonchev–Trinajstić information content (AvgIpc) is 2.79. The van der Waals surface area contributed by atoms with E-state index in [1.165, 1.54) is 24.4 Å². The maximum atomic E-state index is 14.2. The third-order valence-electron chi connectivity index (χ3n) is 5.03. The van der Waals surface area contributed by atoms with E-state index in [0.717, 1.165) is 6.21 Å². The van der Waals surface area contributed by atoms with Crippen molar-refractivity contribution in [1.82, 2.24) is 15.6 Å². The summed E-state index contributed by atoms with van der Waals surface area (Å²) in [5.74, 6) is 0.0267. The number of halogens is 1. The molecule has 3 rings (SSSR count). The van der Waals surface area contributed by atoms with E-state index in [1.807, 2.05) is 13.0 Å². The van der Waals surface area contributed by atoms with Gasteiger partial charge in [-0.1, -0.05) is 0 Å². The average molecular weight is 433 g/mol. The molecular weight excluding hydrogens is 409 g/mol. The molecule has 0 saturated carbocycles. The van der Waals surface area contributed by atoms with Gasteiger partial charge < -0.3 is 31.9 Å². The number of allylic oxidation sites excluding steroid dienone is 1. The number of anilines is 1. The second-order valence-corrected chi connectivity index (χ2v) is 7.07. The molecule has 0 amide bonds. The first-order valence-electron chi connectivity index (χ1n) is 10.0. The molecule has 2 heterocycles. The van der Waals surface area contributed by atoms with E-state index in [0.29, 0.717) is 46.0 Å². The number of aromatic nitrogens is 1. The maximum Gasteiger partial charge on any atom is 0.166 e. The van der Waals surface area contributed by atoms with E-state index in [2.05, 4.69) is 15.6 Å². The molecule has 2 aromatic rings. The number of benzene rings is 1. The molecule has 1 atom stereocenters. The lowest BCUT2D eigenvalue weighted by Crippen LogP contribution is -2.24. The lowest BCUT2D eigenvalue weighted by atomic mass is 9.97. The Labute approximate surface area is 185 Å². The first-order chi connectivity index (χ1) is 15.4. The number of nitriles is 1. The zero-order valence-electron chi connectivity index (χ0n) is 17.8. The van der Waals surface area contributed by atoms with E-state index in [-0.39, 0.29) is 17.9 Å². The standard InChI is InChI=1S/C23H24FN7O/c1-3-29-21-14-6-20(23(28)31-11-14)32-13(2)19-7-17(24)4-5-18(19)22(15(8-25)9-26)30-12-16(21)10-27/h4-8,10-11,13,25,27,29-30H,3,12H2,1-2H3,(H2,28,31)/b21-16+,22-15+,25-8?,27-10?/t13-/m1/s1. The summed E-state index contributed by atoms with van der Waals surface area (Å²) in [7, 11) is 0. The zero-order valence-corrected chi connectivity index (χ0v) is 17.8. The van der Waals surface area contributed by atoms with Crippen molar-refractivity contribution in [2.75, 3.05) is 18.8 Å². The number of nitrogens with two attached hydrogens (primary N) is 1. The second kappa shape index (κ2) is 9.75. The molecule has 1 aromatic heterocycles. The predicted octanol–water partition coefficient (Wildman–Crippen LogP) is 3.40. The third-order valence-corrected chi connectivity index (χ3v) is 5.03. The summed E-state index contributed by atoms with van der Waals surface area (Å²) in [5.41, 5.74) is 9.35. The molecule has 1 aliphatic rings. The minimum absolute atomic E-state index is 0.0659. The van der Waals surface area contributed by atoms with Crippen LogP contribution in [0.5, 0.6) is 5.75 Å². The molecule has 0 spiro atoms. The minimum Gasteiger partial charge on any atom is -0.482 e. The molecule has 6 N–H and O–H groups in total. The number of ether oxygens (including phenoxy) is 1. The highest BCUT2D eigenvalue weighted by Gasteiger charge is 2.22. The largest absolute Gasteiger partial charge is 0.482 e. The van der Waals surface area contributed by atoms with Crippen molar-refractivity contribution in [1.29, 1.82) is 16.1 Å². The maximum absolute atomic E-state index is 14.2. The first kappa shape index (κ1) is 22.5. The number of pyridine rings is 1. The van der Waals surface area contributed by atoms with Crippen LogP contribution in [0.1, 0.15) is 36.6 Å². The van der Waals surface area contributed by atoms with Crippen LogP contribution in [-0.2, 0) is 0 Å². The van der Waals surface area contributed by atoms with Crippen molar-refractivity contribution in [3.05, 3.63) is 64.1 Å². The van der Waals surface area contributed by atoms with E-state index < -0.39 is 11.9 Å². The molecule has 0 aliphatic carbocycles. The zero-order chi connectivity index (χ0) is 23.3. The van der Waals surface area contributed by atoms with Gasteiger partial charge in [0.25, 0.3) is 0 Å². The molecule has 8 nitrogen and oxygen atoms in total. The van der Waals surface area contributed by atoms with Gasteiger partial charge in [0, 0.05) is 59.7 Å². The van der Waals surface area contributed by atoms with Gasteiger partial charge >= 0.3 is 0 Å². The van der Waals surface area contributed by atoms with Crippen LogP contribution in [0.15, 0.2) is 41.6 Å². The van der Waals surface area contributed by atoms with Gasteiger partial charge in [0.15, 0.2) is 11.6 Å². The number of nitrogen functional groups attached to an aromatic ring is 1. The molecule has 9 heteroatoms. The summed E-state index contributed by atoms with van der Waals surface area (Å²) < 4.78 is 20.3. The molecule has 1 aliphatic heterocycles. The Balaban J connectivity index is 2.33. The molecule has 1 aromatic carbocycles. The van der Waals surface area contributed by atoms with Crippen molar-refractivity contribution < 1.29 is 9.13 Å². The minimum atomic E-state index is -0.643. The molecule has 164 valence electrons. The van der Waals surface area contributed by atoms with Crippen LogP contribution in [0.4, 0.5) is 10.2 Å². The Morgan fingerprint density at radius 2 is 2.22 bits per heavy atom. The van der Waals surface area contributed by atoms with Crippen molar-refractivity contribution in [2.24, 2.45) is 0 Å². The fraction of sp³-hybridized carbons (Fsp3) is 0.217. The van der Waals surface area contributed by atoms with E-state index in [1.54, 1.807) is 19.2 Å². The van der Waals surface area contributed by atoms with Crippen molar-refractivity contribution in [2.45, 2.75) is 20.0 Å². The van der Waals surface area contributed by atoms with Gasteiger partial charge in [0.1, 0.15) is 18.0 Å². The highest BCUT2D eigenvalue weighted by Crippen LogP contribution is 2.33. The number of nitrogens with one attached hydrogen (secondary N) is 4. The number of hydrogen-bond donors (Lipinski definition) is 5. The van der Waals surface area contributed by atoms with Crippen LogP contribution in [0, 0.1) is 28.0 Å². The van der Waals surface area contributed by atoms with Gasteiger partial charge in [-0.25, -0.2) is 9.37 Å². The van der Waals surface area contributed by atoms with Gasteiger partial charge in [-0.05, 0) is 38.1 Å². The topological polar surface area (TPSA) is 144 Å². The number of nitrogens with zero attached hydrogens (tertiary/aromatic N) is 2. The molecule has 0 radical (unpaired) electrons. The number of fused-ring (bicyclic) bond motifs is 3.